The molecule has 0 radical (unpaired) electrons. The Morgan fingerprint density at radius 2 is 2.05 bits per heavy atom. The Hall–Kier alpha value is -0.920. The summed E-state index contributed by atoms with van der Waals surface area (Å²) in [5.41, 5.74) is 0. The number of thiophene rings is 1. The van der Waals surface area contributed by atoms with Crippen molar-refractivity contribution >= 4 is 27.3 Å². The fourth-order valence-electron chi connectivity index (χ4n) is 2.60. The molecule has 1 aliphatic carbocycles. The van der Waals surface area contributed by atoms with Gasteiger partial charge >= 0.3 is 5.97 Å². The Morgan fingerprint density at radius 1 is 1.38 bits per heavy atom. The number of carbonyl (C=O) groups excluding carboxylic acids is 1. The summed E-state index contributed by atoms with van der Waals surface area (Å²) in [5, 5.41) is 0. The highest BCUT2D eigenvalue weighted by Crippen LogP contribution is 2.31. The van der Waals surface area contributed by atoms with Gasteiger partial charge in [-0.1, -0.05) is 19.8 Å². The summed E-state index contributed by atoms with van der Waals surface area (Å²) in [6.45, 7) is 1.79. The number of sulfonamides is 1. The molecule has 0 amide bonds. The molecule has 0 unspecified atom stereocenters. The standard InChI is InChI=1S/C14H21NO4S2/c1-3-12-8-9-14(20-12)21(17,18)15(10-13(16)19-2)11-6-4-5-7-11/h8-9,11H,3-7,10H2,1-2H3. The van der Waals surface area contributed by atoms with Crippen molar-refractivity contribution in [3.05, 3.63) is 17.0 Å². The van der Waals surface area contributed by atoms with E-state index in [0.29, 0.717) is 4.21 Å². The van der Waals surface area contributed by atoms with Crippen LogP contribution in [0.2, 0.25) is 0 Å². The van der Waals surface area contributed by atoms with Crippen molar-refractivity contribution < 1.29 is 17.9 Å². The normalized spacial score (nSPS) is 16.5. The molecule has 0 N–H and O–H groups in total. The highest BCUT2D eigenvalue weighted by atomic mass is 32.2. The summed E-state index contributed by atoms with van der Waals surface area (Å²) in [7, 11) is -2.35. The summed E-state index contributed by atoms with van der Waals surface area (Å²) in [5.74, 6) is -0.516. The zero-order valence-corrected chi connectivity index (χ0v) is 14.0. The molecule has 21 heavy (non-hydrogen) atoms. The first-order valence-electron chi connectivity index (χ1n) is 7.16. The lowest BCUT2D eigenvalue weighted by Gasteiger charge is -2.26. The van der Waals surface area contributed by atoms with E-state index in [2.05, 4.69) is 4.74 Å². The van der Waals surface area contributed by atoms with Gasteiger partial charge in [-0.15, -0.1) is 11.3 Å². The van der Waals surface area contributed by atoms with Crippen LogP contribution in [0.15, 0.2) is 16.3 Å². The molecule has 0 aromatic carbocycles. The summed E-state index contributed by atoms with van der Waals surface area (Å²) in [6, 6.07) is 3.38. The van der Waals surface area contributed by atoms with E-state index >= 15 is 0 Å². The second-order valence-corrected chi connectivity index (χ2v) is 8.42. The van der Waals surface area contributed by atoms with Crippen LogP contribution >= 0.6 is 11.3 Å². The highest BCUT2D eigenvalue weighted by molar-refractivity contribution is 7.91. The van der Waals surface area contributed by atoms with Gasteiger partial charge in [0.15, 0.2) is 0 Å². The van der Waals surface area contributed by atoms with E-state index in [4.69, 9.17) is 0 Å². The van der Waals surface area contributed by atoms with Crippen LogP contribution in [0.25, 0.3) is 0 Å². The summed E-state index contributed by atoms with van der Waals surface area (Å²) in [6.07, 6.45) is 4.43. The minimum Gasteiger partial charge on any atom is -0.468 e. The Bertz CT molecular complexity index is 588. The van der Waals surface area contributed by atoms with E-state index in [1.165, 1.54) is 22.8 Å². The van der Waals surface area contributed by atoms with E-state index < -0.39 is 16.0 Å². The van der Waals surface area contributed by atoms with Gasteiger partial charge in [-0.05, 0) is 31.4 Å². The third-order valence-electron chi connectivity index (χ3n) is 3.79. The number of hydrogen-bond acceptors (Lipinski definition) is 5. The lowest BCUT2D eigenvalue weighted by molar-refractivity contribution is -0.141. The molecule has 1 aromatic rings. The van der Waals surface area contributed by atoms with Crippen molar-refractivity contribution in [2.45, 2.75) is 49.3 Å². The van der Waals surface area contributed by atoms with Gasteiger partial charge in [0.2, 0.25) is 0 Å². The lowest BCUT2D eigenvalue weighted by Crippen LogP contribution is -2.42. The predicted octanol–water partition coefficient (Wildman–Crippen LogP) is 2.42. The average molecular weight is 331 g/mol. The molecule has 2 rings (SSSR count). The largest absolute Gasteiger partial charge is 0.468 e. The molecule has 0 saturated heterocycles. The van der Waals surface area contributed by atoms with Crippen LogP contribution in [-0.2, 0) is 26.0 Å². The SMILES string of the molecule is CCc1ccc(S(=O)(=O)N(CC(=O)OC)C2CCCC2)s1. The van der Waals surface area contributed by atoms with Crippen molar-refractivity contribution in [1.29, 1.82) is 0 Å². The molecule has 1 saturated carbocycles. The Labute approximate surface area is 130 Å². The van der Waals surface area contributed by atoms with Crippen molar-refractivity contribution in [3.8, 4) is 0 Å². The molecule has 7 heteroatoms. The fraction of sp³-hybridized carbons (Fsp3) is 0.643. The molecule has 1 fully saturated rings. The maximum Gasteiger partial charge on any atom is 0.321 e. The first-order chi connectivity index (χ1) is 9.98. The molecule has 1 aromatic heterocycles. The number of aryl methyl sites for hydroxylation is 1. The summed E-state index contributed by atoms with van der Waals surface area (Å²) in [4.78, 5) is 12.6. The number of ether oxygens (including phenoxy) is 1. The molecule has 118 valence electrons. The minimum atomic E-state index is -3.63. The monoisotopic (exact) mass is 331 g/mol. The van der Waals surface area contributed by atoms with Gasteiger partial charge in [-0.2, -0.15) is 4.31 Å². The van der Waals surface area contributed by atoms with E-state index in [0.717, 1.165) is 37.0 Å². The molecule has 5 nitrogen and oxygen atoms in total. The van der Waals surface area contributed by atoms with Gasteiger partial charge in [-0.3, -0.25) is 4.79 Å². The molecular weight excluding hydrogens is 310 g/mol. The maximum atomic E-state index is 12.8. The summed E-state index contributed by atoms with van der Waals surface area (Å²) >= 11 is 1.28. The maximum absolute atomic E-state index is 12.8. The van der Waals surface area contributed by atoms with Crippen LogP contribution < -0.4 is 0 Å². The number of rotatable bonds is 6. The molecule has 0 aliphatic heterocycles. The quantitative estimate of drug-likeness (QED) is 0.751. The van der Waals surface area contributed by atoms with Crippen molar-refractivity contribution in [2.24, 2.45) is 0 Å². The molecule has 0 spiro atoms. The van der Waals surface area contributed by atoms with Gasteiger partial charge in [0.1, 0.15) is 10.8 Å². The number of esters is 1. The Balaban J connectivity index is 2.30. The van der Waals surface area contributed by atoms with Crippen LogP contribution in [0.4, 0.5) is 0 Å². The van der Waals surface area contributed by atoms with E-state index in [9.17, 15) is 13.2 Å². The van der Waals surface area contributed by atoms with E-state index in [1.54, 1.807) is 6.07 Å². The van der Waals surface area contributed by atoms with Gasteiger partial charge in [0, 0.05) is 10.9 Å². The predicted molar refractivity (Wildman–Crippen MR) is 81.9 cm³/mol. The number of hydrogen-bond donors (Lipinski definition) is 0. The lowest BCUT2D eigenvalue weighted by atomic mass is 10.2. The first-order valence-corrected chi connectivity index (χ1v) is 9.42. The topological polar surface area (TPSA) is 63.7 Å². The molecule has 1 heterocycles. The highest BCUT2D eigenvalue weighted by Gasteiger charge is 2.35. The average Bonchev–Trinajstić information content (AvgIpc) is 3.14. The fourth-order valence-corrected chi connectivity index (χ4v) is 5.65. The van der Waals surface area contributed by atoms with E-state index in [1.807, 2.05) is 13.0 Å². The Kier molecular flexibility index (Phi) is 5.40. The minimum absolute atomic E-state index is 0.0960. The second kappa shape index (κ2) is 6.89. The number of carbonyl (C=O) groups is 1. The van der Waals surface area contributed by atoms with Gasteiger partial charge in [-0.25, -0.2) is 8.42 Å². The third kappa shape index (κ3) is 3.64. The van der Waals surface area contributed by atoms with Crippen LogP contribution in [-0.4, -0.2) is 38.4 Å². The van der Waals surface area contributed by atoms with Crippen LogP contribution in [0.3, 0.4) is 0 Å². The second-order valence-electron chi connectivity index (χ2n) is 5.14. The number of methoxy groups -OCH3 is 1. The van der Waals surface area contributed by atoms with Crippen LogP contribution in [0.5, 0.6) is 0 Å². The van der Waals surface area contributed by atoms with Crippen molar-refractivity contribution in [2.75, 3.05) is 13.7 Å². The summed E-state index contributed by atoms with van der Waals surface area (Å²) < 4.78 is 32.0. The number of nitrogens with zero attached hydrogens (tertiary/aromatic N) is 1. The van der Waals surface area contributed by atoms with Crippen molar-refractivity contribution in [3.63, 3.8) is 0 Å². The molecule has 0 bridgehead atoms. The van der Waals surface area contributed by atoms with Crippen molar-refractivity contribution in [1.82, 2.24) is 4.31 Å². The smallest absolute Gasteiger partial charge is 0.321 e. The molecular formula is C14H21NO4S2. The molecule has 1 aliphatic rings. The third-order valence-corrected chi connectivity index (χ3v) is 7.39. The zero-order chi connectivity index (χ0) is 15.5. The van der Waals surface area contributed by atoms with Crippen LogP contribution in [0, 0.1) is 0 Å². The van der Waals surface area contributed by atoms with Gasteiger partial charge < -0.3 is 4.74 Å². The van der Waals surface area contributed by atoms with E-state index in [-0.39, 0.29) is 12.6 Å². The zero-order valence-electron chi connectivity index (χ0n) is 12.4. The van der Waals surface area contributed by atoms with Gasteiger partial charge in [0.05, 0.1) is 7.11 Å². The molecule has 0 atom stereocenters. The van der Waals surface area contributed by atoms with Crippen LogP contribution in [0.1, 0.15) is 37.5 Å². The first kappa shape index (κ1) is 16.5. The Morgan fingerprint density at radius 3 is 2.57 bits per heavy atom. The van der Waals surface area contributed by atoms with Gasteiger partial charge in [0.25, 0.3) is 10.0 Å².